The van der Waals surface area contributed by atoms with Crippen molar-refractivity contribution < 1.29 is 0 Å². The molecule has 2 nitrogen and oxygen atoms in total. The van der Waals surface area contributed by atoms with Crippen LogP contribution < -0.4 is 5.73 Å². The molecule has 0 spiro atoms. The molecule has 2 heteroatoms. The van der Waals surface area contributed by atoms with Gasteiger partial charge in [0.1, 0.15) is 5.82 Å². The molecular weight excluding hydrogens is 184 g/mol. The molecule has 0 fully saturated rings. The predicted octanol–water partition coefficient (Wildman–Crippen LogP) is 2.74. The van der Waals surface area contributed by atoms with Gasteiger partial charge >= 0.3 is 0 Å². The fourth-order valence-corrected chi connectivity index (χ4v) is 2.41. The number of aromatic nitrogens is 1. The molecule has 0 atom stereocenters. The first-order valence-corrected chi connectivity index (χ1v) is 5.94. The molecule has 0 aromatic carbocycles. The Balaban J connectivity index is 2.38. The Labute approximate surface area is 91.9 Å². The van der Waals surface area contributed by atoms with Gasteiger partial charge in [-0.2, -0.15) is 0 Å². The molecule has 2 rings (SSSR count). The first-order chi connectivity index (χ1) is 7.16. The van der Waals surface area contributed by atoms with E-state index in [0.717, 1.165) is 6.42 Å². The largest absolute Gasteiger partial charge is 0.384 e. The van der Waals surface area contributed by atoms with Crippen LogP contribution in [0, 0.1) is 5.92 Å². The van der Waals surface area contributed by atoms with Gasteiger partial charge < -0.3 is 5.73 Å². The monoisotopic (exact) mass is 204 g/mol. The van der Waals surface area contributed by atoms with Crippen LogP contribution >= 0.6 is 0 Å². The number of nitrogens with zero attached hydrogens (tertiary/aromatic N) is 1. The van der Waals surface area contributed by atoms with Crippen molar-refractivity contribution in [2.45, 2.75) is 46.0 Å². The molecule has 1 heterocycles. The highest BCUT2D eigenvalue weighted by Gasteiger charge is 2.15. The zero-order valence-electron chi connectivity index (χ0n) is 9.71. The van der Waals surface area contributed by atoms with E-state index in [4.69, 9.17) is 5.73 Å². The van der Waals surface area contributed by atoms with Crippen LogP contribution in [0.1, 0.15) is 43.5 Å². The quantitative estimate of drug-likeness (QED) is 0.804. The van der Waals surface area contributed by atoms with E-state index in [-0.39, 0.29) is 0 Å². The van der Waals surface area contributed by atoms with Gasteiger partial charge in [0.2, 0.25) is 0 Å². The van der Waals surface area contributed by atoms with Crippen molar-refractivity contribution in [2.75, 3.05) is 5.73 Å². The highest BCUT2D eigenvalue weighted by Crippen LogP contribution is 2.26. The second kappa shape index (κ2) is 4.21. The number of nitrogen functional groups attached to an aromatic ring is 1. The molecule has 1 aromatic rings. The van der Waals surface area contributed by atoms with Crippen LogP contribution in [0.25, 0.3) is 0 Å². The van der Waals surface area contributed by atoms with E-state index in [1.807, 2.05) is 0 Å². The van der Waals surface area contributed by atoms with Crippen molar-refractivity contribution in [1.82, 2.24) is 4.98 Å². The van der Waals surface area contributed by atoms with Crippen molar-refractivity contribution in [3.8, 4) is 0 Å². The first-order valence-electron chi connectivity index (χ1n) is 5.94. The first kappa shape index (κ1) is 10.5. The van der Waals surface area contributed by atoms with Crippen LogP contribution in [-0.4, -0.2) is 4.98 Å². The van der Waals surface area contributed by atoms with Gasteiger partial charge in [0.25, 0.3) is 0 Å². The number of pyridine rings is 1. The fraction of sp³-hybridized carbons (Fsp3) is 0.615. The van der Waals surface area contributed by atoms with Gasteiger partial charge in [-0.15, -0.1) is 0 Å². The number of hydrogen-bond acceptors (Lipinski definition) is 2. The maximum absolute atomic E-state index is 5.85. The average Bonchev–Trinajstić information content (AvgIpc) is 2.16. The smallest absolute Gasteiger partial charge is 0.123 e. The number of fused-ring (bicyclic) bond motifs is 1. The summed E-state index contributed by atoms with van der Waals surface area (Å²) in [6, 6.07) is 2.07. The second-order valence-corrected chi connectivity index (χ2v) is 4.94. The molecule has 1 aliphatic rings. The van der Waals surface area contributed by atoms with E-state index < -0.39 is 0 Å². The second-order valence-electron chi connectivity index (χ2n) is 4.94. The van der Waals surface area contributed by atoms with Crippen LogP contribution in [0.3, 0.4) is 0 Å². The predicted molar refractivity (Wildman–Crippen MR) is 63.8 cm³/mol. The lowest BCUT2D eigenvalue weighted by molar-refractivity contribution is 0.612. The summed E-state index contributed by atoms with van der Waals surface area (Å²) in [6.07, 6.45) is 6.06. The number of nitrogens with two attached hydrogens (primary N) is 1. The molecule has 1 aliphatic carbocycles. The zero-order valence-corrected chi connectivity index (χ0v) is 9.71. The fourth-order valence-electron chi connectivity index (χ4n) is 2.41. The van der Waals surface area contributed by atoms with E-state index in [1.54, 1.807) is 0 Å². The number of aryl methyl sites for hydroxylation is 1. The van der Waals surface area contributed by atoms with Crippen LogP contribution in [0.4, 0.5) is 5.82 Å². The van der Waals surface area contributed by atoms with Crippen molar-refractivity contribution in [3.63, 3.8) is 0 Å². The minimum Gasteiger partial charge on any atom is -0.384 e. The standard InChI is InChI=1S/C13H20N2/c1-9(2)7-12-11-6-4-3-5-10(11)8-13(14)15-12/h8-9H,3-7H2,1-2H3,(H2,14,15). The molecular formula is C13H20N2. The van der Waals surface area contributed by atoms with Gasteiger partial charge in [0.05, 0.1) is 0 Å². The van der Waals surface area contributed by atoms with Crippen LogP contribution in [-0.2, 0) is 19.3 Å². The maximum Gasteiger partial charge on any atom is 0.123 e. The highest BCUT2D eigenvalue weighted by atomic mass is 14.8. The van der Waals surface area contributed by atoms with Gasteiger partial charge in [-0.25, -0.2) is 4.98 Å². The lowest BCUT2D eigenvalue weighted by Crippen LogP contribution is -2.12. The van der Waals surface area contributed by atoms with Crippen LogP contribution in [0.15, 0.2) is 6.07 Å². The van der Waals surface area contributed by atoms with E-state index in [9.17, 15) is 0 Å². The van der Waals surface area contributed by atoms with Gasteiger partial charge in [0, 0.05) is 5.69 Å². The molecule has 0 radical (unpaired) electrons. The highest BCUT2D eigenvalue weighted by molar-refractivity contribution is 5.42. The molecule has 0 saturated carbocycles. The molecule has 1 aromatic heterocycles. The van der Waals surface area contributed by atoms with E-state index in [0.29, 0.717) is 11.7 Å². The Morgan fingerprint density at radius 3 is 2.80 bits per heavy atom. The van der Waals surface area contributed by atoms with Gasteiger partial charge in [-0.05, 0) is 55.2 Å². The van der Waals surface area contributed by atoms with E-state index >= 15 is 0 Å². The van der Waals surface area contributed by atoms with Gasteiger partial charge in [-0.1, -0.05) is 13.8 Å². The normalized spacial score (nSPS) is 15.4. The van der Waals surface area contributed by atoms with Crippen LogP contribution in [0.2, 0.25) is 0 Å². The zero-order chi connectivity index (χ0) is 10.8. The SMILES string of the molecule is CC(C)Cc1nc(N)cc2c1CCCC2. The third-order valence-corrected chi connectivity index (χ3v) is 3.05. The third-order valence-electron chi connectivity index (χ3n) is 3.05. The number of hydrogen-bond donors (Lipinski definition) is 1. The maximum atomic E-state index is 5.85. The van der Waals surface area contributed by atoms with Crippen molar-refractivity contribution >= 4 is 5.82 Å². The lowest BCUT2D eigenvalue weighted by Gasteiger charge is -2.20. The molecule has 0 aliphatic heterocycles. The minimum absolute atomic E-state index is 0.658. The number of anilines is 1. The average molecular weight is 204 g/mol. The van der Waals surface area contributed by atoms with E-state index in [2.05, 4.69) is 24.9 Å². The molecule has 82 valence electrons. The Morgan fingerprint density at radius 1 is 1.33 bits per heavy atom. The van der Waals surface area contributed by atoms with Crippen LogP contribution in [0.5, 0.6) is 0 Å². The van der Waals surface area contributed by atoms with Crippen molar-refractivity contribution in [3.05, 3.63) is 22.9 Å². The third kappa shape index (κ3) is 2.31. The molecule has 0 saturated heterocycles. The van der Waals surface area contributed by atoms with Gasteiger partial charge in [-0.3, -0.25) is 0 Å². The molecule has 0 unspecified atom stereocenters. The summed E-state index contributed by atoms with van der Waals surface area (Å²) in [7, 11) is 0. The van der Waals surface area contributed by atoms with Gasteiger partial charge in [0.15, 0.2) is 0 Å². The Morgan fingerprint density at radius 2 is 2.07 bits per heavy atom. The summed E-state index contributed by atoms with van der Waals surface area (Å²) in [5.41, 5.74) is 10.0. The Kier molecular flexibility index (Phi) is 2.94. The summed E-state index contributed by atoms with van der Waals surface area (Å²) in [5, 5.41) is 0. The Hall–Kier alpha value is -1.05. The Bertz CT molecular complexity index is 356. The lowest BCUT2D eigenvalue weighted by atomic mass is 9.88. The molecule has 0 bridgehead atoms. The summed E-state index contributed by atoms with van der Waals surface area (Å²) in [5.74, 6) is 1.36. The topological polar surface area (TPSA) is 38.9 Å². The summed E-state index contributed by atoms with van der Waals surface area (Å²) >= 11 is 0. The number of rotatable bonds is 2. The summed E-state index contributed by atoms with van der Waals surface area (Å²) in [4.78, 5) is 4.50. The molecule has 2 N–H and O–H groups in total. The van der Waals surface area contributed by atoms with Crippen molar-refractivity contribution in [2.24, 2.45) is 5.92 Å². The minimum atomic E-state index is 0.658. The van der Waals surface area contributed by atoms with Crippen molar-refractivity contribution in [1.29, 1.82) is 0 Å². The summed E-state index contributed by atoms with van der Waals surface area (Å²) in [6.45, 7) is 4.47. The molecule has 15 heavy (non-hydrogen) atoms. The molecule has 0 amide bonds. The van der Waals surface area contributed by atoms with E-state index in [1.165, 1.54) is 42.5 Å². The summed E-state index contributed by atoms with van der Waals surface area (Å²) < 4.78 is 0.